The minimum absolute atomic E-state index is 0.404. The summed E-state index contributed by atoms with van der Waals surface area (Å²) >= 11 is 0. The van der Waals surface area contributed by atoms with E-state index in [1.165, 1.54) is 16.8 Å². The lowest BCUT2D eigenvalue weighted by molar-refractivity contribution is 0.805. The first-order chi connectivity index (χ1) is 9.42. The summed E-state index contributed by atoms with van der Waals surface area (Å²) < 4.78 is 0. The SMILES string of the molecule is c1cccc(-c2ccc3c(c2)C2C=CC=C[C@@H]2N3)c#1. The molecule has 2 aromatic rings. The van der Waals surface area contributed by atoms with Gasteiger partial charge in [-0.15, -0.1) is 0 Å². The molecule has 1 heteroatoms. The van der Waals surface area contributed by atoms with Gasteiger partial charge in [0.2, 0.25) is 0 Å². The molecule has 90 valence electrons. The summed E-state index contributed by atoms with van der Waals surface area (Å²) in [5.74, 6) is 0.452. The molecule has 1 nitrogen and oxygen atoms in total. The van der Waals surface area contributed by atoms with Crippen molar-refractivity contribution >= 4 is 5.69 Å². The highest BCUT2D eigenvalue weighted by Crippen LogP contribution is 2.40. The van der Waals surface area contributed by atoms with Crippen LogP contribution < -0.4 is 5.32 Å². The minimum atomic E-state index is 0.404. The van der Waals surface area contributed by atoms with Crippen molar-refractivity contribution in [3.63, 3.8) is 0 Å². The number of benzene rings is 1. The van der Waals surface area contributed by atoms with Crippen LogP contribution in [0, 0.1) is 12.1 Å². The maximum absolute atomic E-state index is 3.56. The number of allylic oxidation sites excluding steroid dienone is 2. The molecule has 2 atom stereocenters. The van der Waals surface area contributed by atoms with Crippen molar-refractivity contribution in [3.05, 3.63) is 78.4 Å². The summed E-state index contributed by atoms with van der Waals surface area (Å²) in [7, 11) is 0. The first-order valence-corrected chi connectivity index (χ1v) is 6.56. The van der Waals surface area contributed by atoms with Crippen LogP contribution in [0.2, 0.25) is 0 Å². The van der Waals surface area contributed by atoms with Crippen LogP contribution >= 0.6 is 0 Å². The third-order valence-corrected chi connectivity index (χ3v) is 3.83. The van der Waals surface area contributed by atoms with Gasteiger partial charge in [0.05, 0.1) is 6.04 Å². The molecule has 1 unspecified atom stereocenters. The molecule has 0 fully saturated rings. The predicted molar refractivity (Wildman–Crippen MR) is 78.0 cm³/mol. The molecule has 0 spiro atoms. The highest BCUT2D eigenvalue weighted by atomic mass is 15.0. The van der Waals surface area contributed by atoms with Crippen molar-refractivity contribution in [2.75, 3.05) is 5.32 Å². The molecule has 2 aliphatic rings. The zero-order valence-electron chi connectivity index (χ0n) is 10.4. The third-order valence-electron chi connectivity index (χ3n) is 3.83. The van der Waals surface area contributed by atoms with E-state index in [9.17, 15) is 0 Å². The fraction of sp³-hybridized carbons (Fsp3) is 0.111. The second kappa shape index (κ2) is 4.03. The Morgan fingerprint density at radius 1 is 1.05 bits per heavy atom. The molecule has 1 heterocycles. The van der Waals surface area contributed by atoms with Crippen LogP contribution in [0.1, 0.15) is 11.5 Å². The second-order valence-corrected chi connectivity index (χ2v) is 4.98. The Kier molecular flexibility index (Phi) is 2.22. The average molecular weight is 243 g/mol. The number of anilines is 1. The normalized spacial score (nSPS) is 22.3. The van der Waals surface area contributed by atoms with E-state index in [1.807, 2.05) is 12.1 Å². The van der Waals surface area contributed by atoms with Gasteiger partial charge in [0.15, 0.2) is 0 Å². The first-order valence-electron chi connectivity index (χ1n) is 6.56. The zero-order chi connectivity index (χ0) is 12.7. The zero-order valence-corrected chi connectivity index (χ0v) is 10.4. The van der Waals surface area contributed by atoms with Crippen molar-refractivity contribution in [1.82, 2.24) is 0 Å². The molecule has 0 saturated heterocycles. The summed E-state index contributed by atoms with van der Waals surface area (Å²) in [6.45, 7) is 0. The van der Waals surface area contributed by atoms with E-state index in [4.69, 9.17) is 0 Å². The van der Waals surface area contributed by atoms with E-state index in [2.05, 4.69) is 66.0 Å². The van der Waals surface area contributed by atoms with Gasteiger partial charge >= 0.3 is 0 Å². The lowest BCUT2D eigenvalue weighted by Gasteiger charge is -2.15. The summed E-state index contributed by atoms with van der Waals surface area (Å²) in [5, 5.41) is 3.56. The van der Waals surface area contributed by atoms with E-state index < -0.39 is 0 Å². The monoisotopic (exact) mass is 243 g/mol. The number of fused-ring (bicyclic) bond motifs is 3. The molecule has 2 aromatic carbocycles. The largest absolute Gasteiger partial charge is 0.378 e. The molecule has 1 aliphatic carbocycles. The number of rotatable bonds is 1. The highest BCUT2D eigenvalue weighted by Gasteiger charge is 2.29. The van der Waals surface area contributed by atoms with Crippen molar-refractivity contribution < 1.29 is 0 Å². The Hall–Kier alpha value is -2.46. The summed E-state index contributed by atoms with van der Waals surface area (Å²) in [6.07, 6.45) is 8.74. The lowest BCUT2D eigenvalue weighted by Crippen LogP contribution is -2.17. The van der Waals surface area contributed by atoms with Crippen molar-refractivity contribution in [1.29, 1.82) is 0 Å². The van der Waals surface area contributed by atoms with Crippen LogP contribution in [0.5, 0.6) is 0 Å². The van der Waals surface area contributed by atoms with Gasteiger partial charge in [0.25, 0.3) is 0 Å². The first kappa shape index (κ1) is 10.5. The second-order valence-electron chi connectivity index (χ2n) is 4.98. The molecule has 1 aliphatic heterocycles. The Morgan fingerprint density at radius 3 is 2.89 bits per heavy atom. The molecule has 1 N–H and O–H groups in total. The van der Waals surface area contributed by atoms with Gasteiger partial charge in [-0.3, -0.25) is 0 Å². The number of nitrogens with one attached hydrogen (secondary N) is 1. The van der Waals surface area contributed by atoms with Crippen LogP contribution in [0.4, 0.5) is 5.69 Å². The fourth-order valence-electron chi connectivity index (χ4n) is 2.88. The molecular formula is C18H13N. The van der Waals surface area contributed by atoms with Gasteiger partial charge in [0.1, 0.15) is 0 Å². The van der Waals surface area contributed by atoms with Crippen molar-refractivity contribution in [3.8, 4) is 11.1 Å². The van der Waals surface area contributed by atoms with Crippen LogP contribution in [0.3, 0.4) is 0 Å². The van der Waals surface area contributed by atoms with Gasteiger partial charge in [0, 0.05) is 17.2 Å². The van der Waals surface area contributed by atoms with E-state index in [0.29, 0.717) is 12.0 Å². The number of hydrogen-bond acceptors (Lipinski definition) is 1. The Balaban J connectivity index is 1.80. The molecule has 0 aromatic heterocycles. The molecule has 0 amide bonds. The van der Waals surface area contributed by atoms with E-state index in [0.717, 1.165) is 5.56 Å². The van der Waals surface area contributed by atoms with Crippen LogP contribution in [-0.4, -0.2) is 6.04 Å². The molecular weight excluding hydrogens is 230 g/mol. The highest BCUT2D eigenvalue weighted by molar-refractivity contribution is 5.72. The molecule has 0 bridgehead atoms. The molecule has 0 radical (unpaired) electrons. The van der Waals surface area contributed by atoms with Gasteiger partial charge in [-0.2, -0.15) is 0 Å². The maximum atomic E-state index is 3.56. The van der Waals surface area contributed by atoms with Gasteiger partial charge in [-0.05, 0) is 35.4 Å². The quantitative estimate of drug-likeness (QED) is 0.799. The van der Waals surface area contributed by atoms with Crippen LogP contribution in [0.25, 0.3) is 11.1 Å². The Morgan fingerprint density at radius 2 is 2.00 bits per heavy atom. The van der Waals surface area contributed by atoms with Gasteiger partial charge < -0.3 is 5.32 Å². The Bertz CT molecular complexity index is 667. The van der Waals surface area contributed by atoms with Crippen molar-refractivity contribution in [2.24, 2.45) is 0 Å². The molecule has 0 saturated carbocycles. The summed E-state index contributed by atoms with van der Waals surface area (Å²) in [6, 6.07) is 19.1. The van der Waals surface area contributed by atoms with Crippen LogP contribution in [-0.2, 0) is 0 Å². The average Bonchev–Trinajstić information content (AvgIpc) is 2.86. The summed E-state index contributed by atoms with van der Waals surface area (Å²) in [5.41, 5.74) is 4.93. The van der Waals surface area contributed by atoms with Crippen LogP contribution in [0.15, 0.2) is 60.7 Å². The maximum Gasteiger partial charge on any atom is 0.0551 e. The van der Waals surface area contributed by atoms with E-state index in [-0.39, 0.29) is 0 Å². The third kappa shape index (κ3) is 1.65. The fourth-order valence-corrected chi connectivity index (χ4v) is 2.88. The van der Waals surface area contributed by atoms with E-state index in [1.54, 1.807) is 0 Å². The standard InChI is InChI=1S/C18H13N/c1-2-6-13(7-3-1)14-10-11-18-16(12-14)15-8-4-5-9-17(15)19-18/h1-2,4-6,8-12,15,17,19H/t15?,17-/m0/s1. The molecule has 19 heavy (non-hydrogen) atoms. The molecule has 4 rings (SSSR count). The summed E-state index contributed by atoms with van der Waals surface area (Å²) in [4.78, 5) is 0. The Labute approximate surface area is 113 Å². The minimum Gasteiger partial charge on any atom is -0.378 e. The number of hydrogen-bond donors (Lipinski definition) is 1. The predicted octanol–water partition coefficient (Wildman–Crippen LogP) is 3.96. The smallest absolute Gasteiger partial charge is 0.0551 e. The topological polar surface area (TPSA) is 12.0 Å². The lowest BCUT2D eigenvalue weighted by atomic mass is 9.90. The van der Waals surface area contributed by atoms with Gasteiger partial charge in [-0.1, -0.05) is 48.6 Å². The van der Waals surface area contributed by atoms with Gasteiger partial charge in [-0.25, -0.2) is 0 Å². The van der Waals surface area contributed by atoms with Crippen molar-refractivity contribution in [2.45, 2.75) is 12.0 Å². The van der Waals surface area contributed by atoms with E-state index >= 15 is 0 Å².